The number of hydrogen-bond acceptors (Lipinski definition) is 2. The number of aromatic nitrogens is 1. The average Bonchev–Trinajstić information content (AvgIpc) is 2.96. The van der Waals surface area contributed by atoms with Crippen molar-refractivity contribution in [2.75, 3.05) is 0 Å². The van der Waals surface area contributed by atoms with Crippen molar-refractivity contribution in [3.8, 4) is 0 Å². The molecule has 1 heterocycles. The van der Waals surface area contributed by atoms with Crippen LogP contribution in [0.15, 0.2) is 54.6 Å². The molecule has 0 radical (unpaired) electrons. The molecule has 2 N–H and O–H groups in total. The van der Waals surface area contributed by atoms with E-state index in [9.17, 15) is 14.7 Å². The zero-order valence-corrected chi connectivity index (χ0v) is 15.2. The monoisotopic (exact) mass is 362 g/mol. The number of amides is 1. The second-order valence-corrected chi connectivity index (χ2v) is 7.16. The zero-order valence-electron chi connectivity index (χ0n) is 15.2. The lowest BCUT2D eigenvalue weighted by Crippen LogP contribution is -2.33. The van der Waals surface area contributed by atoms with E-state index in [1.165, 1.54) is 12.5 Å². The summed E-state index contributed by atoms with van der Waals surface area (Å²) in [6.07, 6.45) is 1.59. The number of carbonyl (C=O) groups excluding carboxylic acids is 1. The molecule has 1 amide bonds. The van der Waals surface area contributed by atoms with Gasteiger partial charge in [-0.3, -0.25) is 9.59 Å². The summed E-state index contributed by atoms with van der Waals surface area (Å²) < 4.78 is 1.86. The molecule has 5 nitrogen and oxygen atoms in total. The molecule has 0 aliphatic heterocycles. The molecule has 3 aromatic rings. The molecule has 4 rings (SSSR count). The van der Waals surface area contributed by atoms with Crippen LogP contribution in [0.25, 0.3) is 10.9 Å². The largest absolute Gasteiger partial charge is 0.480 e. The molecule has 1 aliphatic carbocycles. The lowest BCUT2D eigenvalue weighted by Gasteiger charge is -2.32. The maximum absolute atomic E-state index is 11.9. The van der Waals surface area contributed by atoms with E-state index in [0.717, 1.165) is 35.0 Å². The van der Waals surface area contributed by atoms with Crippen LogP contribution in [-0.4, -0.2) is 21.6 Å². The normalized spacial score (nSPS) is 18.9. The minimum atomic E-state index is -0.884. The Balaban J connectivity index is 1.89. The highest BCUT2D eigenvalue weighted by molar-refractivity contribution is 5.88. The number of fused-ring (bicyclic) bond motifs is 3. The highest BCUT2D eigenvalue weighted by Crippen LogP contribution is 2.43. The fourth-order valence-corrected chi connectivity index (χ4v) is 4.39. The third kappa shape index (κ3) is 3.21. The predicted octanol–water partition coefficient (Wildman–Crippen LogP) is 3.63. The third-order valence-electron chi connectivity index (χ3n) is 5.36. The first-order valence-corrected chi connectivity index (χ1v) is 9.18. The Morgan fingerprint density at radius 2 is 1.81 bits per heavy atom. The number of hydrogen-bond donors (Lipinski definition) is 2. The SMILES string of the molecule is CC(=O)NC1C[C@H](c2ccccc2)Cc2c1n(CC(=O)O)c1ccccc21. The van der Waals surface area contributed by atoms with Crippen LogP contribution in [0, 0.1) is 0 Å². The third-order valence-corrected chi connectivity index (χ3v) is 5.36. The molecule has 1 aromatic heterocycles. The topological polar surface area (TPSA) is 71.3 Å². The lowest BCUT2D eigenvalue weighted by molar-refractivity contribution is -0.137. The molecular weight excluding hydrogens is 340 g/mol. The Labute approximate surface area is 157 Å². The van der Waals surface area contributed by atoms with E-state index in [2.05, 4.69) is 17.4 Å². The average molecular weight is 362 g/mol. The smallest absolute Gasteiger partial charge is 0.323 e. The van der Waals surface area contributed by atoms with E-state index in [-0.39, 0.29) is 24.4 Å². The van der Waals surface area contributed by atoms with Crippen molar-refractivity contribution >= 4 is 22.8 Å². The summed E-state index contributed by atoms with van der Waals surface area (Å²) in [5.41, 5.74) is 4.23. The summed E-state index contributed by atoms with van der Waals surface area (Å²) in [6.45, 7) is 1.40. The van der Waals surface area contributed by atoms with E-state index in [1.54, 1.807) is 0 Å². The van der Waals surface area contributed by atoms with Gasteiger partial charge in [0.2, 0.25) is 5.91 Å². The van der Waals surface area contributed by atoms with Crippen molar-refractivity contribution in [2.24, 2.45) is 0 Å². The number of aliphatic carboxylic acids is 1. The summed E-state index contributed by atoms with van der Waals surface area (Å²) in [5.74, 6) is -0.711. The van der Waals surface area contributed by atoms with Crippen LogP contribution in [-0.2, 0) is 22.6 Å². The van der Waals surface area contributed by atoms with Crippen molar-refractivity contribution < 1.29 is 14.7 Å². The minimum absolute atomic E-state index is 0.105. The van der Waals surface area contributed by atoms with Crippen LogP contribution in [0.1, 0.15) is 42.1 Å². The van der Waals surface area contributed by atoms with Crippen LogP contribution < -0.4 is 5.32 Å². The van der Waals surface area contributed by atoms with Gasteiger partial charge in [0.05, 0.1) is 6.04 Å². The number of para-hydroxylation sites is 1. The molecule has 1 aliphatic rings. The van der Waals surface area contributed by atoms with Crippen molar-refractivity contribution in [2.45, 2.75) is 38.3 Å². The Morgan fingerprint density at radius 1 is 1.11 bits per heavy atom. The van der Waals surface area contributed by atoms with Crippen LogP contribution in [0.5, 0.6) is 0 Å². The van der Waals surface area contributed by atoms with Gasteiger partial charge in [-0.25, -0.2) is 0 Å². The molecule has 0 spiro atoms. The Hall–Kier alpha value is -3.08. The van der Waals surface area contributed by atoms with Crippen LogP contribution in [0.3, 0.4) is 0 Å². The highest BCUT2D eigenvalue weighted by Gasteiger charge is 2.34. The molecule has 1 unspecified atom stereocenters. The first-order valence-electron chi connectivity index (χ1n) is 9.18. The number of benzene rings is 2. The number of carboxylic acids is 1. The molecule has 5 heteroatoms. The second kappa shape index (κ2) is 6.91. The van der Waals surface area contributed by atoms with Crippen molar-refractivity contribution in [1.82, 2.24) is 9.88 Å². The molecule has 0 fully saturated rings. The molecule has 0 saturated heterocycles. The Bertz CT molecular complexity index is 1010. The lowest BCUT2D eigenvalue weighted by atomic mass is 9.79. The van der Waals surface area contributed by atoms with Crippen LogP contribution in [0.2, 0.25) is 0 Å². The van der Waals surface area contributed by atoms with Gasteiger partial charge in [-0.15, -0.1) is 0 Å². The Kier molecular flexibility index (Phi) is 4.44. The first kappa shape index (κ1) is 17.3. The number of rotatable bonds is 4. The van der Waals surface area contributed by atoms with Gasteiger partial charge in [0.15, 0.2) is 0 Å². The van der Waals surface area contributed by atoms with Gasteiger partial charge in [-0.1, -0.05) is 48.5 Å². The summed E-state index contributed by atoms with van der Waals surface area (Å²) in [6, 6.07) is 18.0. The molecule has 0 bridgehead atoms. The minimum Gasteiger partial charge on any atom is -0.480 e. The standard InChI is InChI=1S/C22H22N2O3/c1-14(25)23-19-12-16(15-7-3-2-4-8-15)11-18-17-9-5-6-10-20(17)24(22(18)19)13-21(26)27/h2-10,16,19H,11-13H2,1H3,(H,23,25)(H,26,27)/t16-,19?/m1/s1. The van der Waals surface area contributed by atoms with Gasteiger partial charge in [0.25, 0.3) is 0 Å². The summed E-state index contributed by atoms with van der Waals surface area (Å²) in [7, 11) is 0. The van der Waals surface area contributed by atoms with Gasteiger partial charge in [0, 0.05) is 23.5 Å². The Morgan fingerprint density at radius 3 is 2.52 bits per heavy atom. The van der Waals surface area contributed by atoms with Crippen LogP contribution in [0.4, 0.5) is 0 Å². The summed E-state index contributed by atoms with van der Waals surface area (Å²) in [4.78, 5) is 23.4. The summed E-state index contributed by atoms with van der Waals surface area (Å²) in [5, 5.41) is 13.6. The molecule has 2 aromatic carbocycles. The van der Waals surface area contributed by atoms with Gasteiger partial charge in [0.1, 0.15) is 6.54 Å². The van der Waals surface area contributed by atoms with Gasteiger partial charge in [-0.2, -0.15) is 0 Å². The highest BCUT2D eigenvalue weighted by atomic mass is 16.4. The fourth-order valence-electron chi connectivity index (χ4n) is 4.39. The van der Waals surface area contributed by atoms with E-state index < -0.39 is 5.97 Å². The van der Waals surface area contributed by atoms with Crippen LogP contribution >= 0.6 is 0 Å². The molecule has 27 heavy (non-hydrogen) atoms. The van der Waals surface area contributed by atoms with E-state index in [1.807, 2.05) is 47.0 Å². The molecule has 0 saturated carbocycles. The number of carbonyl (C=O) groups is 2. The first-order chi connectivity index (χ1) is 13.0. The molecule has 138 valence electrons. The van der Waals surface area contributed by atoms with Crippen molar-refractivity contribution in [3.05, 3.63) is 71.4 Å². The van der Waals surface area contributed by atoms with E-state index in [4.69, 9.17) is 0 Å². The molecular formula is C22H22N2O3. The van der Waals surface area contributed by atoms with Crippen molar-refractivity contribution in [3.63, 3.8) is 0 Å². The fraction of sp³-hybridized carbons (Fsp3) is 0.273. The zero-order chi connectivity index (χ0) is 19.0. The van der Waals surface area contributed by atoms with Gasteiger partial charge < -0.3 is 15.0 Å². The number of nitrogens with one attached hydrogen (secondary N) is 1. The second-order valence-electron chi connectivity index (χ2n) is 7.16. The van der Waals surface area contributed by atoms with Gasteiger partial charge in [-0.05, 0) is 36.0 Å². The maximum atomic E-state index is 11.9. The van der Waals surface area contributed by atoms with E-state index in [0.29, 0.717) is 0 Å². The number of nitrogens with zero attached hydrogens (tertiary/aromatic N) is 1. The van der Waals surface area contributed by atoms with E-state index >= 15 is 0 Å². The quantitative estimate of drug-likeness (QED) is 0.744. The summed E-state index contributed by atoms with van der Waals surface area (Å²) >= 11 is 0. The number of carboxylic acid groups (broad SMARTS) is 1. The predicted molar refractivity (Wildman–Crippen MR) is 104 cm³/mol. The van der Waals surface area contributed by atoms with Crippen molar-refractivity contribution in [1.29, 1.82) is 0 Å². The molecule has 2 atom stereocenters. The maximum Gasteiger partial charge on any atom is 0.323 e. The van der Waals surface area contributed by atoms with Gasteiger partial charge >= 0.3 is 5.97 Å².